The van der Waals surface area contributed by atoms with Crippen molar-refractivity contribution >= 4 is 45.3 Å². The predicted molar refractivity (Wildman–Crippen MR) is 163 cm³/mol. The molecule has 2 aromatic carbocycles. The van der Waals surface area contributed by atoms with E-state index in [0.29, 0.717) is 11.8 Å². The number of benzene rings is 2. The quantitative estimate of drug-likeness (QED) is 0.191. The van der Waals surface area contributed by atoms with Gasteiger partial charge in [-0.2, -0.15) is 0 Å². The average molecular weight is 716 g/mol. The first-order valence-corrected chi connectivity index (χ1v) is 16.2. The standard InChI is InChI=1S/C30H32ClF2N3O11S/c1-16-14-46-30(40,19-8-20(32)10-21(33)9-19)18(3)36(16)29(39)45-15-44-27(37)7-17(2)47-28(38)23-11-26(48(34,41)42)24(31)12-25(23)35-13-22-5-4-6-43-22/h4-6,8-12,16-18,35,40H,7,13-15H2,1-3H3,(H2,34,41,42)/t16-,17?,18+,30-/m1/s1. The third-order valence-electron chi connectivity index (χ3n) is 7.29. The number of aliphatic hydroxyl groups is 1. The smallest absolute Gasteiger partial charge is 0.413 e. The normalized spacial score (nSPS) is 20.1. The zero-order chi connectivity index (χ0) is 35.4. The maximum atomic E-state index is 13.8. The maximum absolute atomic E-state index is 13.8. The van der Waals surface area contributed by atoms with E-state index in [1.165, 1.54) is 26.2 Å². The first-order valence-electron chi connectivity index (χ1n) is 14.3. The highest BCUT2D eigenvalue weighted by atomic mass is 35.5. The number of primary sulfonamides is 1. The molecule has 14 nitrogen and oxygen atoms in total. The molecule has 1 aliphatic rings. The first-order chi connectivity index (χ1) is 22.5. The molecule has 260 valence electrons. The van der Waals surface area contributed by atoms with Crippen LogP contribution in [0, 0.1) is 11.6 Å². The van der Waals surface area contributed by atoms with Gasteiger partial charge in [-0.25, -0.2) is 31.9 Å². The van der Waals surface area contributed by atoms with Crippen molar-refractivity contribution in [3.05, 3.63) is 82.3 Å². The van der Waals surface area contributed by atoms with Crippen molar-refractivity contribution in [1.29, 1.82) is 0 Å². The third kappa shape index (κ3) is 8.59. The number of halogens is 3. The van der Waals surface area contributed by atoms with Gasteiger partial charge < -0.3 is 33.8 Å². The Kier molecular flexibility index (Phi) is 11.3. The number of nitrogens with zero attached hydrogens (tertiary/aromatic N) is 1. The van der Waals surface area contributed by atoms with E-state index >= 15 is 0 Å². The summed E-state index contributed by atoms with van der Waals surface area (Å²) < 4.78 is 77.8. The van der Waals surface area contributed by atoms with E-state index in [4.69, 9.17) is 40.1 Å². The molecule has 0 saturated carbocycles. The van der Waals surface area contributed by atoms with Crippen LogP contribution in [0.25, 0.3) is 0 Å². The van der Waals surface area contributed by atoms with Gasteiger partial charge in [0.1, 0.15) is 28.4 Å². The topological polar surface area (TPSA) is 197 Å². The van der Waals surface area contributed by atoms with Crippen LogP contribution in [0.3, 0.4) is 0 Å². The molecule has 2 heterocycles. The van der Waals surface area contributed by atoms with Crippen molar-refractivity contribution in [3.63, 3.8) is 0 Å². The van der Waals surface area contributed by atoms with Gasteiger partial charge in [0.15, 0.2) is 0 Å². The zero-order valence-corrected chi connectivity index (χ0v) is 27.3. The Balaban J connectivity index is 1.35. The van der Waals surface area contributed by atoms with Crippen LogP contribution >= 0.6 is 11.6 Å². The van der Waals surface area contributed by atoms with E-state index in [2.05, 4.69) is 5.32 Å². The summed E-state index contributed by atoms with van der Waals surface area (Å²) in [6, 6.07) is 5.95. The lowest BCUT2D eigenvalue weighted by Gasteiger charge is -2.47. The van der Waals surface area contributed by atoms with Crippen LogP contribution in [0.2, 0.25) is 5.02 Å². The molecule has 4 atom stereocenters. The van der Waals surface area contributed by atoms with Crippen LogP contribution in [0.4, 0.5) is 19.3 Å². The van der Waals surface area contributed by atoms with Gasteiger partial charge >= 0.3 is 18.0 Å². The molecule has 1 unspecified atom stereocenters. The summed E-state index contributed by atoms with van der Waals surface area (Å²) in [7, 11) is -4.32. The number of hydrogen-bond acceptors (Lipinski definition) is 12. The summed E-state index contributed by atoms with van der Waals surface area (Å²) in [5, 5.41) is 19.0. The van der Waals surface area contributed by atoms with Crippen molar-refractivity contribution in [2.24, 2.45) is 5.14 Å². The Morgan fingerprint density at radius 3 is 2.48 bits per heavy atom. The predicted octanol–water partition coefficient (Wildman–Crippen LogP) is 4.00. The largest absolute Gasteiger partial charge is 0.467 e. The van der Waals surface area contributed by atoms with E-state index in [9.17, 15) is 36.7 Å². The summed E-state index contributed by atoms with van der Waals surface area (Å²) in [6.07, 6.45) is -1.19. The van der Waals surface area contributed by atoms with Crippen molar-refractivity contribution in [2.45, 2.75) is 62.6 Å². The Hall–Kier alpha value is -4.29. The van der Waals surface area contributed by atoms with Gasteiger partial charge in [-0.3, -0.25) is 9.69 Å². The van der Waals surface area contributed by atoms with E-state index in [1.807, 2.05) is 0 Å². The molecule has 3 aromatic rings. The van der Waals surface area contributed by atoms with Crippen LogP contribution in [0.15, 0.2) is 58.0 Å². The van der Waals surface area contributed by atoms with E-state index < -0.39 is 81.8 Å². The molecule has 0 spiro atoms. The highest BCUT2D eigenvalue weighted by Gasteiger charge is 2.49. The lowest BCUT2D eigenvalue weighted by molar-refractivity contribution is -0.280. The highest BCUT2D eigenvalue weighted by molar-refractivity contribution is 7.89. The maximum Gasteiger partial charge on any atom is 0.413 e. The third-order valence-corrected chi connectivity index (χ3v) is 8.66. The van der Waals surface area contributed by atoms with Crippen LogP contribution in [0.1, 0.15) is 48.9 Å². The SMILES string of the molecule is CC(CC(=O)OCOC(=O)N1[C@H](C)CO[C@@](O)(c2cc(F)cc(F)c2)[C@@H]1C)OC(=O)c1cc(S(N)(=O)=O)c(Cl)cc1NCc1ccco1. The second kappa shape index (κ2) is 14.9. The van der Waals surface area contributed by atoms with Gasteiger partial charge in [0.05, 0.1) is 54.2 Å². The molecule has 1 aromatic heterocycles. The molecule has 4 N–H and O–H groups in total. The summed E-state index contributed by atoms with van der Waals surface area (Å²) in [4.78, 5) is 39.0. The molecule has 0 bridgehead atoms. The monoisotopic (exact) mass is 715 g/mol. The Morgan fingerprint density at radius 1 is 1.17 bits per heavy atom. The number of morpholine rings is 1. The number of carbonyl (C=O) groups is 3. The second-order valence-corrected chi connectivity index (χ2v) is 12.8. The van der Waals surface area contributed by atoms with Crippen LogP contribution in [-0.4, -0.2) is 68.0 Å². The van der Waals surface area contributed by atoms with Gasteiger partial charge in [0.2, 0.25) is 22.6 Å². The number of furan rings is 1. The molecule has 1 aliphatic heterocycles. The highest BCUT2D eigenvalue weighted by Crippen LogP contribution is 2.36. The van der Waals surface area contributed by atoms with Crippen LogP contribution in [-0.2, 0) is 46.1 Å². The first kappa shape index (κ1) is 36.5. The van der Waals surface area contributed by atoms with Gasteiger partial charge in [-0.05, 0) is 57.2 Å². The fourth-order valence-electron chi connectivity index (χ4n) is 4.93. The molecule has 48 heavy (non-hydrogen) atoms. The number of sulfonamides is 1. The van der Waals surface area contributed by atoms with Gasteiger partial charge in [0, 0.05) is 11.6 Å². The Morgan fingerprint density at radius 2 is 1.85 bits per heavy atom. The number of anilines is 1. The lowest BCUT2D eigenvalue weighted by atomic mass is 9.94. The number of hydrogen-bond donors (Lipinski definition) is 3. The van der Waals surface area contributed by atoms with E-state index in [0.717, 1.165) is 23.1 Å². The minimum Gasteiger partial charge on any atom is -0.467 e. The number of ether oxygens (including phenoxy) is 4. The fourth-order valence-corrected chi connectivity index (χ4v) is 6.02. The number of nitrogens with one attached hydrogen (secondary N) is 1. The molecular formula is C30H32ClF2N3O11S. The molecule has 4 rings (SSSR count). The second-order valence-electron chi connectivity index (χ2n) is 10.9. The summed E-state index contributed by atoms with van der Waals surface area (Å²) in [5.41, 5.74) is -0.414. The molecule has 1 amide bonds. The van der Waals surface area contributed by atoms with Crippen molar-refractivity contribution in [1.82, 2.24) is 4.90 Å². The van der Waals surface area contributed by atoms with Gasteiger partial charge in [-0.1, -0.05) is 11.6 Å². The van der Waals surface area contributed by atoms with Gasteiger partial charge in [0.25, 0.3) is 0 Å². The summed E-state index contributed by atoms with van der Waals surface area (Å²) >= 11 is 6.09. The van der Waals surface area contributed by atoms with E-state index in [1.54, 1.807) is 19.1 Å². The summed E-state index contributed by atoms with van der Waals surface area (Å²) in [5.74, 6) is -5.66. The number of rotatable bonds is 11. The Bertz CT molecular complexity index is 1760. The van der Waals surface area contributed by atoms with Crippen LogP contribution in [0.5, 0.6) is 0 Å². The molecule has 18 heteroatoms. The number of amides is 1. The van der Waals surface area contributed by atoms with E-state index in [-0.39, 0.29) is 35.0 Å². The number of esters is 2. The zero-order valence-electron chi connectivity index (χ0n) is 25.8. The van der Waals surface area contributed by atoms with Crippen LogP contribution < -0.4 is 10.5 Å². The average Bonchev–Trinajstić information content (AvgIpc) is 3.51. The van der Waals surface area contributed by atoms with Crippen molar-refractivity contribution < 1.29 is 60.1 Å². The molecule has 1 fully saturated rings. The number of nitrogens with two attached hydrogens (primary N) is 1. The van der Waals surface area contributed by atoms with Gasteiger partial charge in [-0.15, -0.1) is 0 Å². The number of carbonyl (C=O) groups excluding carboxylic acids is 3. The molecule has 1 saturated heterocycles. The summed E-state index contributed by atoms with van der Waals surface area (Å²) in [6.45, 7) is 3.35. The minimum atomic E-state index is -4.32. The molecular weight excluding hydrogens is 684 g/mol. The molecule has 0 aliphatic carbocycles. The van der Waals surface area contributed by atoms with Crippen molar-refractivity contribution in [3.8, 4) is 0 Å². The minimum absolute atomic E-state index is 0.0940. The Labute approximate surface area is 278 Å². The molecule has 0 radical (unpaired) electrons. The fraction of sp³-hybridized carbons (Fsp3) is 0.367. The van der Waals surface area contributed by atoms with Crippen molar-refractivity contribution in [2.75, 3.05) is 18.7 Å². The lowest BCUT2D eigenvalue weighted by Crippen LogP contribution is -2.62.